The summed E-state index contributed by atoms with van der Waals surface area (Å²) in [6.07, 6.45) is 4.63. The molecule has 7 nitrogen and oxygen atoms in total. The Hall–Kier alpha value is -1.63. The largest absolute Gasteiger partial charge is 0.391 e. The van der Waals surface area contributed by atoms with Crippen molar-refractivity contribution in [1.29, 1.82) is 0 Å². The second kappa shape index (κ2) is 8.12. The Balaban J connectivity index is 1.76. The lowest BCUT2D eigenvalue weighted by atomic mass is 10.1. The number of urea groups is 1. The van der Waals surface area contributed by atoms with Gasteiger partial charge in [-0.2, -0.15) is 0 Å². The van der Waals surface area contributed by atoms with Crippen LogP contribution >= 0.6 is 0 Å². The minimum Gasteiger partial charge on any atom is -0.391 e. The fourth-order valence-corrected chi connectivity index (χ4v) is 2.74. The Bertz CT molecular complexity index is 486. The zero-order chi connectivity index (χ0) is 15.9. The smallest absolute Gasteiger partial charge is 0.315 e. The fraction of sp³-hybridized carbons (Fsp3) is 0.800. The first-order chi connectivity index (χ1) is 10.6. The number of nitrogens with one attached hydrogen (secondary N) is 2. The summed E-state index contributed by atoms with van der Waals surface area (Å²) < 4.78 is 2.11. The van der Waals surface area contributed by atoms with Gasteiger partial charge in [0.15, 0.2) is 5.82 Å². The maximum Gasteiger partial charge on any atom is 0.315 e. The van der Waals surface area contributed by atoms with Crippen LogP contribution in [0.1, 0.15) is 51.2 Å². The zero-order valence-electron chi connectivity index (χ0n) is 13.5. The van der Waals surface area contributed by atoms with Gasteiger partial charge in [0.05, 0.1) is 12.6 Å². The predicted molar refractivity (Wildman–Crippen MR) is 83.3 cm³/mol. The molecular formula is C15H27N5O2. The minimum atomic E-state index is -0.505. The lowest BCUT2D eigenvalue weighted by molar-refractivity contribution is 0.146. The summed E-state index contributed by atoms with van der Waals surface area (Å²) in [6.45, 7) is 5.63. The normalized spacial score (nSPS) is 16.0. The number of aryl methyl sites for hydroxylation is 1. The quantitative estimate of drug-likeness (QED) is 0.736. The Labute approximate surface area is 131 Å². The molecule has 2 amide bonds. The summed E-state index contributed by atoms with van der Waals surface area (Å²) in [5, 5.41) is 23.6. The number of hydrogen-bond acceptors (Lipinski definition) is 4. The standard InChI is InChI=1S/C15H27N5O2/c1-11(2)8-12(21)9-16-15(22)17-10-14-19-18-13-6-4-3-5-7-20(13)14/h11-12,21H,3-10H2,1-2H3,(H2,16,17,22). The molecule has 2 rings (SSSR count). The predicted octanol–water partition coefficient (Wildman–Crippen LogP) is 1.21. The van der Waals surface area contributed by atoms with Crippen LogP contribution in [0.25, 0.3) is 0 Å². The molecule has 0 bridgehead atoms. The highest BCUT2D eigenvalue weighted by Crippen LogP contribution is 2.14. The maximum absolute atomic E-state index is 11.8. The van der Waals surface area contributed by atoms with Gasteiger partial charge in [0.25, 0.3) is 0 Å². The van der Waals surface area contributed by atoms with Crippen molar-refractivity contribution < 1.29 is 9.90 Å². The number of aliphatic hydroxyl groups excluding tert-OH is 1. The van der Waals surface area contributed by atoms with Crippen LogP contribution in [0.3, 0.4) is 0 Å². The number of nitrogens with zero attached hydrogens (tertiary/aromatic N) is 3. The van der Waals surface area contributed by atoms with Crippen LogP contribution in [0.5, 0.6) is 0 Å². The van der Waals surface area contributed by atoms with E-state index >= 15 is 0 Å². The van der Waals surface area contributed by atoms with E-state index in [-0.39, 0.29) is 12.6 Å². The lowest BCUT2D eigenvalue weighted by Crippen LogP contribution is -2.40. The Morgan fingerprint density at radius 1 is 1.27 bits per heavy atom. The molecule has 0 spiro atoms. The molecule has 0 fully saturated rings. The molecule has 0 saturated heterocycles. The van der Waals surface area contributed by atoms with Crippen LogP contribution in [0.2, 0.25) is 0 Å². The van der Waals surface area contributed by atoms with E-state index in [1.807, 2.05) is 13.8 Å². The van der Waals surface area contributed by atoms with Gasteiger partial charge >= 0.3 is 6.03 Å². The van der Waals surface area contributed by atoms with E-state index in [1.165, 1.54) is 6.42 Å². The first-order valence-corrected chi connectivity index (χ1v) is 8.17. The van der Waals surface area contributed by atoms with Crippen LogP contribution < -0.4 is 10.6 Å². The first kappa shape index (κ1) is 16.7. The summed E-state index contributed by atoms with van der Waals surface area (Å²) in [5.74, 6) is 2.23. The maximum atomic E-state index is 11.8. The van der Waals surface area contributed by atoms with Crippen molar-refractivity contribution in [3.05, 3.63) is 11.6 Å². The first-order valence-electron chi connectivity index (χ1n) is 8.17. The molecular weight excluding hydrogens is 282 g/mol. The summed E-state index contributed by atoms with van der Waals surface area (Å²) in [7, 11) is 0. The van der Waals surface area contributed by atoms with E-state index in [0.29, 0.717) is 18.9 Å². The monoisotopic (exact) mass is 309 g/mol. The van der Waals surface area contributed by atoms with Crippen molar-refractivity contribution in [3.63, 3.8) is 0 Å². The topological polar surface area (TPSA) is 92.1 Å². The number of aliphatic hydroxyl groups is 1. The Morgan fingerprint density at radius 3 is 2.86 bits per heavy atom. The fourth-order valence-electron chi connectivity index (χ4n) is 2.74. The molecule has 0 aromatic carbocycles. The number of carbonyl (C=O) groups excluding carboxylic acids is 1. The van der Waals surface area contributed by atoms with E-state index in [1.54, 1.807) is 0 Å². The molecule has 7 heteroatoms. The summed E-state index contributed by atoms with van der Waals surface area (Å²) in [4.78, 5) is 11.8. The lowest BCUT2D eigenvalue weighted by Gasteiger charge is -2.14. The second-order valence-electron chi connectivity index (χ2n) is 6.34. The van der Waals surface area contributed by atoms with Crippen LogP contribution in [-0.2, 0) is 19.5 Å². The third-order valence-electron chi connectivity index (χ3n) is 3.83. The van der Waals surface area contributed by atoms with Crippen molar-refractivity contribution in [2.45, 2.75) is 65.1 Å². The van der Waals surface area contributed by atoms with Gasteiger partial charge in [-0.25, -0.2) is 4.79 Å². The molecule has 124 valence electrons. The van der Waals surface area contributed by atoms with E-state index in [2.05, 4.69) is 25.4 Å². The van der Waals surface area contributed by atoms with Gasteiger partial charge in [0.2, 0.25) is 0 Å². The highest BCUT2D eigenvalue weighted by molar-refractivity contribution is 5.73. The van der Waals surface area contributed by atoms with E-state index in [9.17, 15) is 9.90 Å². The van der Waals surface area contributed by atoms with E-state index in [0.717, 1.165) is 37.5 Å². The SMILES string of the molecule is CC(C)CC(O)CNC(=O)NCc1nnc2n1CCCCC2. The van der Waals surface area contributed by atoms with Crippen LogP contribution in [0.4, 0.5) is 4.79 Å². The van der Waals surface area contributed by atoms with Crippen molar-refractivity contribution in [2.75, 3.05) is 6.54 Å². The van der Waals surface area contributed by atoms with Gasteiger partial charge in [-0.3, -0.25) is 0 Å². The van der Waals surface area contributed by atoms with Crippen molar-refractivity contribution in [1.82, 2.24) is 25.4 Å². The molecule has 1 aromatic rings. The summed E-state index contributed by atoms with van der Waals surface area (Å²) >= 11 is 0. The average Bonchev–Trinajstić information content (AvgIpc) is 2.69. The molecule has 3 N–H and O–H groups in total. The van der Waals surface area contributed by atoms with Crippen molar-refractivity contribution in [2.24, 2.45) is 5.92 Å². The summed E-state index contributed by atoms with van der Waals surface area (Å²) in [6, 6.07) is -0.284. The van der Waals surface area contributed by atoms with Gasteiger partial charge in [-0.05, 0) is 25.2 Å². The van der Waals surface area contributed by atoms with Crippen molar-refractivity contribution >= 4 is 6.03 Å². The van der Waals surface area contributed by atoms with Gasteiger partial charge < -0.3 is 20.3 Å². The second-order valence-corrected chi connectivity index (χ2v) is 6.34. The average molecular weight is 309 g/mol. The molecule has 22 heavy (non-hydrogen) atoms. The molecule has 1 atom stereocenters. The summed E-state index contributed by atoms with van der Waals surface area (Å²) in [5.41, 5.74) is 0. The Morgan fingerprint density at radius 2 is 2.09 bits per heavy atom. The van der Waals surface area contributed by atoms with E-state index in [4.69, 9.17) is 0 Å². The van der Waals surface area contributed by atoms with Crippen molar-refractivity contribution in [3.8, 4) is 0 Å². The molecule has 0 saturated carbocycles. The number of carbonyl (C=O) groups is 1. The van der Waals surface area contributed by atoms with Crippen LogP contribution in [-0.4, -0.2) is 38.6 Å². The number of amides is 2. The van der Waals surface area contributed by atoms with Gasteiger partial charge in [0.1, 0.15) is 5.82 Å². The molecule has 0 radical (unpaired) electrons. The van der Waals surface area contributed by atoms with Crippen LogP contribution in [0, 0.1) is 5.92 Å². The molecule has 1 aromatic heterocycles. The Kier molecular flexibility index (Phi) is 6.18. The molecule has 1 unspecified atom stereocenters. The highest BCUT2D eigenvalue weighted by atomic mass is 16.3. The molecule has 0 aliphatic carbocycles. The van der Waals surface area contributed by atoms with E-state index < -0.39 is 6.10 Å². The highest BCUT2D eigenvalue weighted by Gasteiger charge is 2.15. The van der Waals surface area contributed by atoms with Gasteiger partial charge in [-0.1, -0.05) is 20.3 Å². The third-order valence-corrected chi connectivity index (χ3v) is 3.83. The minimum absolute atomic E-state index is 0.266. The number of hydrogen-bond donors (Lipinski definition) is 3. The molecule has 2 heterocycles. The number of fused-ring (bicyclic) bond motifs is 1. The van der Waals surface area contributed by atoms with Gasteiger partial charge in [0, 0.05) is 19.5 Å². The third kappa shape index (κ3) is 4.98. The van der Waals surface area contributed by atoms with Crippen LogP contribution in [0.15, 0.2) is 0 Å². The number of aromatic nitrogens is 3. The molecule has 1 aliphatic rings. The zero-order valence-corrected chi connectivity index (χ0v) is 13.5. The number of rotatable bonds is 6. The molecule has 1 aliphatic heterocycles. The van der Waals surface area contributed by atoms with Gasteiger partial charge in [-0.15, -0.1) is 10.2 Å².